The summed E-state index contributed by atoms with van der Waals surface area (Å²) in [5.74, 6) is 0. The molecular formula is C26H32N4. The first-order valence-electron chi connectivity index (χ1n) is 10.9. The van der Waals surface area contributed by atoms with E-state index in [0.717, 1.165) is 22.7 Å². The van der Waals surface area contributed by atoms with Crippen LogP contribution >= 0.6 is 0 Å². The van der Waals surface area contributed by atoms with Crippen molar-refractivity contribution in [3.63, 3.8) is 0 Å². The molecule has 0 bridgehead atoms. The molecule has 1 aliphatic carbocycles. The molecule has 0 unspecified atom stereocenters. The van der Waals surface area contributed by atoms with Crippen LogP contribution in [0.1, 0.15) is 31.2 Å². The van der Waals surface area contributed by atoms with Crippen LogP contribution < -0.4 is 21.3 Å². The second kappa shape index (κ2) is 9.68. The van der Waals surface area contributed by atoms with Gasteiger partial charge in [-0.1, -0.05) is 17.7 Å². The van der Waals surface area contributed by atoms with E-state index in [1.807, 2.05) is 0 Å². The zero-order chi connectivity index (χ0) is 20.8. The highest BCUT2D eigenvalue weighted by molar-refractivity contribution is 5.67. The lowest BCUT2D eigenvalue weighted by Crippen LogP contribution is -2.34. The van der Waals surface area contributed by atoms with Crippen molar-refractivity contribution in [2.45, 2.75) is 44.7 Å². The number of hydrogen-bond donors (Lipinski definition) is 4. The highest BCUT2D eigenvalue weighted by Gasteiger charge is 2.19. The predicted molar refractivity (Wildman–Crippen MR) is 129 cm³/mol. The third kappa shape index (κ3) is 5.55. The Bertz CT molecular complexity index is 909. The monoisotopic (exact) mass is 400 g/mol. The van der Waals surface area contributed by atoms with Crippen LogP contribution in [0.2, 0.25) is 0 Å². The Labute approximate surface area is 180 Å². The molecule has 4 N–H and O–H groups in total. The topological polar surface area (TPSA) is 48.1 Å². The summed E-state index contributed by atoms with van der Waals surface area (Å²) >= 11 is 0. The van der Waals surface area contributed by atoms with Crippen molar-refractivity contribution in [3.8, 4) is 0 Å². The molecule has 4 heteroatoms. The van der Waals surface area contributed by atoms with Gasteiger partial charge in [-0.05, 0) is 100 Å². The van der Waals surface area contributed by atoms with Crippen LogP contribution in [0.3, 0.4) is 0 Å². The first-order chi connectivity index (χ1) is 14.7. The molecule has 0 saturated heterocycles. The van der Waals surface area contributed by atoms with Crippen molar-refractivity contribution < 1.29 is 0 Å². The minimum absolute atomic E-state index is 0.585. The van der Waals surface area contributed by atoms with Gasteiger partial charge in [0, 0.05) is 40.5 Å². The number of aryl methyl sites for hydroxylation is 1. The summed E-state index contributed by atoms with van der Waals surface area (Å²) in [4.78, 5) is 0. The first kappa shape index (κ1) is 20.3. The smallest absolute Gasteiger partial charge is 0.0385 e. The van der Waals surface area contributed by atoms with Gasteiger partial charge in [0.1, 0.15) is 0 Å². The molecule has 0 spiro atoms. The van der Waals surface area contributed by atoms with Gasteiger partial charge in [0.2, 0.25) is 0 Å². The third-order valence-corrected chi connectivity index (χ3v) is 5.90. The molecule has 0 amide bonds. The zero-order valence-electron chi connectivity index (χ0n) is 17.9. The lowest BCUT2D eigenvalue weighted by Gasteiger charge is -2.29. The predicted octanol–water partition coefficient (Wildman–Crippen LogP) is 6.42. The normalized spacial score (nSPS) is 18.6. The Hall–Kier alpha value is -2.98. The molecule has 0 aromatic heterocycles. The molecule has 3 aromatic rings. The van der Waals surface area contributed by atoms with Gasteiger partial charge in [0.15, 0.2) is 0 Å². The molecule has 1 aliphatic rings. The zero-order valence-corrected chi connectivity index (χ0v) is 17.9. The average molecular weight is 401 g/mol. The van der Waals surface area contributed by atoms with Crippen LogP contribution in [0.25, 0.3) is 0 Å². The minimum atomic E-state index is 0.585. The Morgan fingerprint density at radius 2 is 0.900 bits per heavy atom. The number of nitrogens with one attached hydrogen (secondary N) is 4. The Balaban J connectivity index is 1.29. The standard InChI is InChI=1S/C26H32N4/c1-19-3-5-21(6-4-19)28-23-11-13-25(14-12-23)30-26-17-15-24(16-18-26)29-22-9-7-20(27-2)8-10-22/h3-6,11-18,20,22,27-30H,7-10H2,1-2H3. The van der Waals surface area contributed by atoms with Crippen LogP contribution in [-0.4, -0.2) is 19.1 Å². The van der Waals surface area contributed by atoms with Gasteiger partial charge in [-0.2, -0.15) is 0 Å². The largest absolute Gasteiger partial charge is 0.382 e. The molecule has 3 aromatic carbocycles. The molecule has 4 rings (SSSR count). The fraction of sp³-hybridized carbons (Fsp3) is 0.308. The maximum atomic E-state index is 3.69. The van der Waals surface area contributed by atoms with E-state index >= 15 is 0 Å². The van der Waals surface area contributed by atoms with Crippen molar-refractivity contribution in [1.82, 2.24) is 5.32 Å². The molecule has 1 fully saturated rings. The molecule has 4 nitrogen and oxygen atoms in total. The Morgan fingerprint density at radius 1 is 0.533 bits per heavy atom. The van der Waals surface area contributed by atoms with E-state index in [1.54, 1.807) is 0 Å². The summed E-state index contributed by atoms with van der Waals surface area (Å²) in [5, 5.41) is 14.0. The summed E-state index contributed by atoms with van der Waals surface area (Å²) in [6.45, 7) is 2.10. The van der Waals surface area contributed by atoms with E-state index in [0.29, 0.717) is 12.1 Å². The van der Waals surface area contributed by atoms with Crippen LogP contribution in [0.15, 0.2) is 72.8 Å². The van der Waals surface area contributed by atoms with Crippen molar-refractivity contribution in [2.75, 3.05) is 23.0 Å². The third-order valence-electron chi connectivity index (χ3n) is 5.90. The molecule has 156 valence electrons. The molecule has 30 heavy (non-hydrogen) atoms. The maximum absolute atomic E-state index is 3.69. The molecule has 0 radical (unpaired) electrons. The van der Waals surface area contributed by atoms with Crippen LogP contribution in [-0.2, 0) is 0 Å². The Morgan fingerprint density at radius 3 is 1.33 bits per heavy atom. The van der Waals surface area contributed by atoms with Gasteiger partial charge in [-0.3, -0.25) is 0 Å². The van der Waals surface area contributed by atoms with E-state index in [9.17, 15) is 0 Å². The van der Waals surface area contributed by atoms with Crippen LogP contribution in [0, 0.1) is 6.92 Å². The van der Waals surface area contributed by atoms with Crippen molar-refractivity contribution in [2.24, 2.45) is 0 Å². The van der Waals surface area contributed by atoms with E-state index in [1.165, 1.54) is 36.9 Å². The summed E-state index contributed by atoms with van der Waals surface area (Å²) < 4.78 is 0. The maximum Gasteiger partial charge on any atom is 0.0385 e. The fourth-order valence-corrected chi connectivity index (χ4v) is 4.02. The second-order valence-electron chi connectivity index (χ2n) is 8.25. The first-order valence-corrected chi connectivity index (χ1v) is 10.9. The average Bonchev–Trinajstić information content (AvgIpc) is 2.78. The van der Waals surface area contributed by atoms with Crippen molar-refractivity contribution >= 4 is 28.4 Å². The van der Waals surface area contributed by atoms with Crippen LogP contribution in [0.4, 0.5) is 28.4 Å². The van der Waals surface area contributed by atoms with E-state index in [2.05, 4.69) is 108 Å². The number of rotatable bonds is 7. The summed E-state index contributed by atoms with van der Waals surface area (Å²) in [6, 6.07) is 26.7. The van der Waals surface area contributed by atoms with Gasteiger partial charge >= 0.3 is 0 Å². The van der Waals surface area contributed by atoms with Crippen LogP contribution in [0.5, 0.6) is 0 Å². The molecule has 0 aliphatic heterocycles. The lowest BCUT2D eigenvalue weighted by molar-refractivity contribution is 0.371. The quantitative estimate of drug-likeness (QED) is 0.369. The van der Waals surface area contributed by atoms with Gasteiger partial charge < -0.3 is 21.3 Å². The molecule has 0 heterocycles. The van der Waals surface area contributed by atoms with Gasteiger partial charge in [-0.25, -0.2) is 0 Å². The molecule has 0 atom stereocenters. The molecular weight excluding hydrogens is 368 g/mol. The van der Waals surface area contributed by atoms with E-state index in [-0.39, 0.29) is 0 Å². The van der Waals surface area contributed by atoms with Gasteiger partial charge in [0.05, 0.1) is 0 Å². The highest BCUT2D eigenvalue weighted by atomic mass is 14.9. The van der Waals surface area contributed by atoms with Crippen molar-refractivity contribution in [3.05, 3.63) is 78.4 Å². The minimum Gasteiger partial charge on any atom is -0.382 e. The van der Waals surface area contributed by atoms with Crippen molar-refractivity contribution in [1.29, 1.82) is 0 Å². The van der Waals surface area contributed by atoms with E-state index in [4.69, 9.17) is 0 Å². The number of anilines is 5. The SMILES string of the molecule is CNC1CCC(Nc2ccc(Nc3ccc(Nc4ccc(C)cc4)cc3)cc2)CC1. The summed E-state index contributed by atoms with van der Waals surface area (Å²) in [7, 11) is 2.07. The second-order valence-corrected chi connectivity index (χ2v) is 8.25. The Kier molecular flexibility index (Phi) is 6.55. The lowest BCUT2D eigenvalue weighted by atomic mass is 9.91. The summed E-state index contributed by atoms with van der Waals surface area (Å²) in [6.07, 6.45) is 4.97. The fourth-order valence-electron chi connectivity index (χ4n) is 4.02. The van der Waals surface area contributed by atoms with Gasteiger partial charge in [-0.15, -0.1) is 0 Å². The van der Waals surface area contributed by atoms with Gasteiger partial charge in [0.25, 0.3) is 0 Å². The van der Waals surface area contributed by atoms with E-state index < -0.39 is 0 Å². The summed E-state index contributed by atoms with van der Waals surface area (Å²) in [5.41, 5.74) is 6.82. The number of hydrogen-bond acceptors (Lipinski definition) is 4. The number of benzene rings is 3. The molecule has 1 saturated carbocycles. The highest BCUT2D eigenvalue weighted by Crippen LogP contribution is 2.25.